The first kappa shape index (κ1) is 22.6. The lowest BCUT2D eigenvalue weighted by Crippen LogP contribution is -2.13. The highest BCUT2D eigenvalue weighted by Gasteiger charge is 2.20. The molecule has 1 atom stereocenters. The van der Waals surface area contributed by atoms with E-state index in [9.17, 15) is 10.1 Å². The highest BCUT2D eigenvalue weighted by molar-refractivity contribution is 6.29. The van der Waals surface area contributed by atoms with Gasteiger partial charge in [0.1, 0.15) is 28.0 Å². The van der Waals surface area contributed by atoms with Gasteiger partial charge in [-0.1, -0.05) is 17.7 Å². The van der Waals surface area contributed by atoms with Crippen molar-refractivity contribution in [3.8, 4) is 17.5 Å². The van der Waals surface area contributed by atoms with Crippen molar-refractivity contribution in [1.82, 2.24) is 19.7 Å². The third-order valence-corrected chi connectivity index (χ3v) is 6.25. The largest absolute Gasteiger partial charge is 0.454 e. The van der Waals surface area contributed by atoms with Crippen molar-refractivity contribution >= 4 is 39.3 Å². The van der Waals surface area contributed by atoms with Crippen molar-refractivity contribution in [3.63, 3.8) is 0 Å². The van der Waals surface area contributed by atoms with Crippen LogP contribution in [0.3, 0.4) is 0 Å². The van der Waals surface area contributed by atoms with E-state index in [0.717, 1.165) is 16.6 Å². The minimum absolute atomic E-state index is 0.114. The quantitative estimate of drug-likeness (QED) is 0.337. The van der Waals surface area contributed by atoms with Gasteiger partial charge in [-0.2, -0.15) is 10.4 Å². The number of aromatic nitrogens is 4. The SMILES string of the molecule is Cc1cc(C(C)Nc2ccc(Cl)nc2C#N)c2oc(-c3ccc4c(cnn4C)n3)c(C)c(=O)c2c1. The number of benzene rings is 1. The Labute approximate surface area is 205 Å². The van der Waals surface area contributed by atoms with E-state index in [1.54, 1.807) is 29.9 Å². The molecule has 9 heteroatoms. The van der Waals surface area contributed by atoms with Crippen molar-refractivity contribution in [2.75, 3.05) is 5.32 Å². The number of hydrogen-bond donors (Lipinski definition) is 1. The Morgan fingerprint density at radius 1 is 1.17 bits per heavy atom. The van der Waals surface area contributed by atoms with E-state index in [4.69, 9.17) is 16.0 Å². The number of fused-ring (bicyclic) bond motifs is 2. The lowest BCUT2D eigenvalue weighted by atomic mass is 9.99. The summed E-state index contributed by atoms with van der Waals surface area (Å²) in [5, 5.41) is 17.8. The van der Waals surface area contributed by atoms with Crippen LogP contribution in [0.1, 0.15) is 35.3 Å². The lowest BCUT2D eigenvalue weighted by molar-refractivity contribution is 0.603. The summed E-state index contributed by atoms with van der Waals surface area (Å²) in [6.07, 6.45) is 1.68. The first-order valence-electron chi connectivity index (χ1n) is 11.0. The second kappa shape index (κ2) is 8.53. The van der Waals surface area contributed by atoms with Gasteiger partial charge in [-0.25, -0.2) is 9.97 Å². The van der Waals surface area contributed by atoms with Crippen LogP contribution >= 0.6 is 11.6 Å². The minimum atomic E-state index is -0.306. The molecule has 0 aliphatic heterocycles. The molecule has 0 amide bonds. The maximum absolute atomic E-state index is 13.4. The van der Waals surface area contributed by atoms with Gasteiger partial charge in [0.15, 0.2) is 16.9 Å². The van der Waals surface area contributed by atoms with Gasteiger partial charge in [0.25, 0.3) is 0 Å². The van der Waals surface area contributed by atoms with Crippen LogP contribution in [0, 0.1) is 25.2 Å². The van der Waals surface area contributed by atoms with E-state index >= 15 is 0 Å². The second-order valence-corrected chi connectivity index (χ2v) is 8.88. The summed E-state index contributed by atoms with van der Waals surface area (Å²) in [5.41, 5.74) is 5.42. The zero-order valence-corrected chi connectivity index (χ0v) is 20.3. The first-order valence-corrected chi connectivity index (χ1v) is 11.3. The number of rotatable bonds is 4. The summed E-state index contributed by atoms with van der Waals surface area (Å²) in [4.78, 5) is 22.2. The van der Waals surface area contributed by atoms with Gasteiger partial charge in [-0.3, -0.25) is 9.48 Å². The molecule has 5 rings (SSSR count). The molecule has 5 aromatic rings. The van der Waals surface area contributed by atoms with E-state index < -0.39 is 0 Å². The molecule has 174 valence electrons. The number of nitriles is 1. The van der Waals surface area contributed by atoms with Gasteiger partial charge in [0.05, 0.1) is 28.8 Å². The number of nitrogens with one attached hydrogen (secondary N) is 1. The maximum atomic E-state index is 13.4. The van der Waals surface area contributed by atoms with Gasteiger partial charge in [0.2, 0.25) is 0 Å². The Morgan fingerprint density at radius 3 is 2.74 bits per heavy atom. The van der Waals surface area contributed by atoms with Gasteiger partial charge >= 0.3 is 0 Å². The number of halogens is 1. The van der Waals surface area contributed by atoms with E-state index in [-0.39, 0.29) is 22.3 Å². The molecule has 0 radical (unpaired) electrons. The Morgan fingerprint density at radius 2 is 1.97 bits per heavy atom. The fourth-order valence-corrected chi connectivity index (χ4v) is 4.40. The highest BCUT2D eigenvalue weighted by atomic mass is 35.5. The van der Waals surface area contributed by atoms with Gasteiger partial charge in [-0.15, -0.1) is 0 Å². The minimum Gasteiger partial charge on any atom is -0.454 e. The number of anilines is 1. The summed E-state index contributed by atoms with van der Waals surface area (Å²) >= 11 is 5.94. The topological polar surface area (TPSA) is 110 Å². The van der Waals surface area contributed by atoms with Crippen LogP contribution in [0.2, 0.25) is 5.15 Å². The van der Waals surface area contributed by atoms with Crippen LogP contribution in [0.15, 0.2) is 51.8 Å². The molecule has 0 aliphatic carbocycles. The zero-order valence-electron chi connectivity index (χ0n) is 19.5. The predicted molar refractivity (Wildman–Crippen MR) is 135 cm³/mol. The average molecular weight is 485 g/mol. The van der Waals surface area contributed by atoms with Crippen LogP contribution in [0.25, 0.3) is 33.5 Å². The Kier molecular flexibility index (Phi) is 5.50. The zero-order chi connectivity index (χ0) is 24.9. The maximum Gasteiger partial charge on any atom is 0.196 e. The van der Waals surface area contributed by atoms with Crippen molar-refractivity contribution in [1.29, 1.82) is 5.26 Å². The van der Waals surface area contributed by atoms with E-state index in [0.29, 0.717) is 39.2 Å². The molecule has 0 fully saturated rings. The highest BCUT2D eigenvalue weighted by Crippen LogP contribution is 2.32. The van der Waals surface area contributed by atoms with Crippen LogP contribution in [-0.2, 0) is 7.05 Å². The molecule has 0 saturated carbocycles. The van der Waals surface area contributed by atoms with Gasteiger partial charge < -0.3 is 9.73 Å². The van der Waals surface area contributed by atoms with Crippen LogP contribution < -0.4 is 10.7 Å². The van der Waals surface area contributed by atoms with Crippen molar-refractivity contribution < 1.29 is 4.42 Å². The van der Waals surface area contributed by atoms with E-state index in [1.807, 2.05) is 45.2 Å². The predicted octanol–water partition coefficient (Wildman–Crippen LogP) is 5.45. The molecular formula is C26H21ClN6O2. The summed E-state index contributed by atoms with van der Waals surface area (Å²) in [6, 6.07) is 12.6. The molecule has 0 spiro atoms. The molecule has 0 aliphatic rings. The van der Waals surface area contributed by atoms with E-state index in [1.165, 1.54) is 0 Å². The molecule has 1 unspecified atom stereocenters. The third-order valence-electron chi connectivity index (χ3n) is 6.03. The Bertz CT molecular complexity index is 1730. The average Bonchev–Trinajstić information content (AvgIpc) is 3.22. The van der Waals surface area contributed by atoms with Gasteiger partial charge in [0, 0.05) is 18.2 Å². The standard InChI is InChI=1S/C26H21ClN6O2/c1-13-9-16(15(3)30-18-6-8-23(27)32-20(18)11-28)26-17(10-13)24(34)14(2)25(35-26)19-5-7-22-21(31-19)12-29-33(22)4/h5-10,12,15,30H,1-4H3. The molecule has 4 heterocycles. The van der Waals surface area contributed by atoms with E-state index in [2.05, 4.69) is 26.5 Å². The lowest BCUT2D eigenvalue weighted by Gasteiger charge is -2.19. The summed E-state index contributed by atoms with van der Waals surface area (Å²) in [5.74, 6) is 0.413. The normalized spacial score (nSPS) is 12.1. The molecule has 1 aromatic carbocycles. The Balaban J connectivity index is 1.68. The number of pyridine rings is 2. The molecule has 0 saturated heterocycles. The van der Waals surface area contributed by atoms with Crippen LogP contribution in [0.5, 0.6) is 0 Å². The number of nitrogens with zero attached hydrogens (tertiary/aromatic N) is 5. The number of aryl methyl sites for hydroxylation is 2. The summed E-state index contributed by atoms with van der Waals surface area (Å²) in [7, 11) is 1.85. The summed E-state index contributed by atoms with van der Waals surface area (Å²) < 4.78 is 8.15. The smallest absolute Gasteiger partial charge is 0.196 e. The third kappa shape index (κ3) is 3.90. The number of hydrogen-bond acceptors (Lipinski definition) is 7. The molecule has 0 bridgehead atoms. The summed E-state index contributed by atoms with van der Waals surface area (Å²) in [6.45, 7) is 5.61. The second-order valence-electron chi connectivity index (χ2n) is 8.49. The first-order chi connectivity index (χ1) is 16.8. The monoisotopic (exact) mass is 484 g/mol. The Hall–Kier alpha value is -4.22. The molecule has 8 nitrogen and oxygen atoms in total. The molecular weight excluding hydrogens is 464 g/mol. The van der Waals surface area contributed by atoms with Crippen LogP contribution in [0.4, 0.5) is 5.69 Å². The van der Waals surface area contributed by atoms with Crippen molar-refractivity contribution in [3.05, 3.63) is 80.4 Å². The molecule has 35 heavy (non-hydrogen) atoms. The van der Waals surface area contributed by atoms with Gasteiger partial charge in [-0.05, 0) is 56.7 Å². The van der Waals surface area contributed by atoms with Crippen molar-refractivity contribution in [2.24, 2.45) is 7.05 Å². The molecule has 4 aromatic heterocycles. The van der Waals surface area contributed by atoms with Crippen LogP contribution in [-0.4, -0.2) is 19.7 Å². The van der Waals surface area contributed by atoms with Crippen molar-refractivity contribution in [2.45, 2.75) is 26.8 Å². The fraction of sp³-hybridized carbons (Fsp3) is 0.192. The molecule has 1 N–H and O–H groups in total. The fourth-order valence-electron chi connectivity index (χ4n) is 4.25.